The third-order valence-electron chi connectivity index (χ3n) is 6.58. The Morgan fingerprint density at radius 1 is 1.12 bits per heavy atom. The smallest absolute Gasteiger partial charge is 0.351 e. The van der Waals surface area contributed by atoms with E-state index in [4.69, 9.17) is 44.3 Å². The van der Waals surface area contributed by atoms with Crippen LogP contribution >= 0.6 is 34.8 Å². The van der Waals surface area contributed by atoms with Crippen LogP contribution in [-0.2, 0) is 25.2 Å². The highest BCUT2D eigenvalue weighted by atomic mass is 35.5. The number of hydrogen-bond acceptors (Lipinski definition) is 9. The molecule has 5 rings (SSSR count). The molecule has 210 valence electrons. The minimum absolute atomic E-state index is 0.0589. The van der Waals surface area contributed by atoms with Crippen molar-refractivity contribution in [1.29, 1.82) is 0 Å². The number of nitrogens with zero attached hydrogens (tertiary/aromatic N) is 6. The number of fused-ring (bicyclic) bond motifs is 1. The number of rotatable bonds is 7. The van der Waals surface area contributed by atoms with Crippen molar-refractivity contribution in [3.05, 3.63) is 57.8 Å². The van der Waals surface area contributed by atoms with Gasteiger partial charge in [-0.2, -0.15) is 0 Å². The number of carboxylic acid groups (broad SMARTS) is 1. The zero-order valence-electron chi connectivity index (χ0n) is 20.6. The van der Waals surface area contributed by atoms with Gasteiger partial charge in [0.2, 0.25) is 11.5 Å². The number of benzene rings is 2. The molecule has 40 heavy (non-hydrogen) atoms. The summed E-state index contributed by atoms with van der Waals surface area (Å²) in [5, 5.41) is 20.5. The number of carbonyl (C=O) groups is 3. The van der Waals surface area contributed by atoms with Crippen LogP contribution in [0, 0.1) is 0 Å². The number of amides is 2. The Morgan fingerprint density at radius 2 is 1.80 bits per heavy atom. The van der Waals surface area contributed by atoms with Crippen LogP contribution in [0.2, 0.25) is 15.1 Å². The first kappa shape index (κ1) is 28.1. The number of halogens is 3. The molecule has 13 nitrogen and oxygen atoms in total. The summed E-state index contributed by atoms with van der Waals surface area (Å²) in [6.45, 7) is 2.15. The van der Waals surface area contributed by atoms with Gasteiger partial charge in [-0.3, -0.25) is 13.8 Å². The van der Waals surface area contributed by atoms with Crippen LogP contribution < -0.4 is 14.5 Å². The molecule has 0 saturated carbocycles. The van der Waals surface area contributed by atoms with Crippen molar-refractivity contribution in [1.82, 2.24) is 25.2 Å². The summed E-state index contributed by atoms with van der Waals surface area (Å²) in [6.07, 6.45) is 1.12. The number of β-lactam (4-membered cyclic amide) rings is 1. The Balaban J connectivity index is 1.49. The molecule has 2 amide bonds. The lowest BCUT2D eigenvalue weighted by molar-refractivity contribution is -0.166. The summed E-state index contributed by atoms with van der Waals surface area (Å²) in [5.41, 5.74) is -2.18. The molecule has 3 aromatic rings. The number of aliphatic carboxylic acids is 1. The van der Waals surface area contributed by atoms with Gasteiger partial charge in [-0.05, 0) is 47.7 Å². The van der Waals surface area contributed by atoms with E-state index in [0.29, 0.717) is 5.02 Å². The molecule has 2 aromatic carbocycles. The SMILES string of the molecule is CC(=O)N(C1C(=O)N2CC(Oc3cc(Cl)ccc3Oc3ccc(Cl)cc3Cl)(C(=O)O)C(C)S(=O)[C@H]12)n1cnnn1. The van der Waals surface area contributed by atoms with Crippen LogP contribution in [0.3, 0.4) is 0 Å². The van der Waals surface area contributed by atoms with Gasteiger partial charge in [-0.25, -0.2) is 9.80 Å². The lowest BCUT2D eigenvalue weighted by atomic mass is 9.94. The first-order chi connectivity index (χ1) is 18.9. The maximum atomic E-state index is 13.8. The third-order valence-corrected chi connectivity index (χ3v) is 9.41. The highest BCUT2D eigenvalue weighted by molar-refractivity contribution is 7.86. The van der Waals surface area contributed by atoms with Crippen molar-refractivity contribution in [3.8, 4) is 17.2 Å². The molecule has 2 aliphatic rings. The van der Waals surface area contributed by atoms with Crippen molar-refractivity contribution in [3.63, 3.8) is 0 Å². The molecular formula is C23H19Cl3N6O7S. The van der Waals surface area contributed by atoms with E-state index in [0.717, 1.165) is 21.0 Å². The molecule has 0 aliphatic carbocycles. The van der Waals surface area contributed by atoms with Gasteiger partial charge in [-0.15, -0.1) is 9.89 Å². The van der Waals surface area contributed by atoms with Crippen LogP contribution in [0.25, 0.3) is 0 Å². The summed E-state index contributed by atoms with van der Waals surface area (Å²) in [5.74, 6) is -2.53. The van der Waals surface area contributed by atoms with E-state index >= 15 is 0 Å². The van der Waals surface area contributed by atoms with E-state index in [9.17, 15) is 23.7 Å². The molecule has 1 N–H and O–H groups in total. The predicted molar refractivity (Wildman–Crippen MR) is 143 cm³/mol. The maximum Gasteiger partial charge on any atom is 0.351 e. The van der Waals surface area contributed by atoms with E-state index in [-0.39, 0.29) is 27.3 Å². The number of tetrazole rings is 1. The fourth-order valence-electron chi connectivity index (χ4n) is 4.57. The largest absolute Gasteiger partial charge is 0.478 e. The fourth-order valence-corrected chi connectivity index (χ4v) is 7.11. The van der Waals surface area contributed by atoms with Gasteiger partial charge in [0.05, 0.1) is 27.6 Å². The second-order valence-corrected chi connectivity index (χ2v) is 12.1. The summed E-state index contributed by atoms with van der Waals surface area (Å²) >= 11 is 18.4. The van der Waals surface area contributed by atoms with E-state index in [1.54, 1.807) is 6.07 Å². The van der Waals surface area contributed by atoms with Crippen molar-refractivity contribution in [2.45, 2.75) is 36.1 Å². The molecule has 17 heteroatoms. The van der Waals surface area contributed by atoms with E-state index in [2.05, 4.69) is 15.5 Å². The number of ether oxygens (including phenoxy) is 2. The van der Waals surface area contributed by atoms with E-state index in [1.165, 1.54) is 44.2 Å². The van der Waals surface area contributed by atoms with Gasteiger partial charge in [0, 0.05) is 23.0 Å². The minimum atomic E-state index is -2.18. The molecular weight excluding hydrogens is 611 g/mol. The monoisotopic (exact) mass is 628 g/mol. The van der Waals surface area contributed by atoms with Gasteiger partial charge in [-0.1, -0.05) is 34.8 Å². The Kier molecular flexibility index (Phi) is 7.37. The molecule has 2 fully saturated rings. The number of carboxylic acids is 1. The Hall–Kier alpha value is -3.46. The quantitative estimate of drug-likeness (QED) is 0.385. The van der Waals surface area contributed by atoms with Crippen LogP contribution in [0.15, 0.2) is 42.7 Å². The van der Waals surface area contributed by atoms with Crippen molar-refractivity contribution in [2.75, 3.05) is 11.6 Å². The Morgan fingerprint density at radius 3 is 2.40 bits per heavy atom. The number of hydrogen-bond donors (Lipinski definition) is 1. The Labute approximate surface area is 243 Å². The first-order valence-corrected chi connectivity index (χ1v) is 13.9. The fraction of sp³-hybridized carbons (Fsp3) is 0.304. The summed E-state index contributed by atoms with van der Waals surface area (Å²) in [6, 6.07) is 7.60. The topological polar surface area (TPSA) is 157 Å². The van der Waals surface area contributed by atoms with E-state index in [1.807, 2.05) is 0 Å². The van der Waals surface area contributed by atoms with Crippen molar-refractivity contribution < 1.29 is 33.2 Å². The average molecular weight is 630 g/mol. The number of aromatic nitrogens is 4. The minimum Gasteiger partial charge on any atom is -0.478 e. The average Bonchev–Trinajstić information content (AvgIpc) is 3.42. The molecule has 1 aromatic heterocycles. The maximum absolute atomic E-state index is 13.8. The van der Waals surface area contributed by atoms with E-state index < -0.39 is 57.4 Å². The normalized spacial score (nSPS) is 25.5. The second-order valence-electron chi connectivity index (χ2n) is 8.93. The van der Waals surface area contributed by atoms with Gasteiger partial charge in [0.1, 0.15) is 11.1 Å². The van der Waals surface area contributed by atoms with Crippen LogP contribution in [0.5, 0.6) is 17.2 Å². The zero-order valence-corrected chi connectivity index (χ0v) is 23.7. The molecule has 0 bridgehead atoms. The summed E-state index contributed by atoms with van der Waals surface area (Å²) < 4.78 is 25.7. The Bertz CT molecular complexity index is 1540. The third kappa shape index (κ3) is 4.64. The second kappa shape index (κ2) is 10.5. The first-order valence-electron chi connectivity index (χ1n) is 11.5. The van der Waals surface area contributed by atoms with Gasteiger partial charge >= 0.3 is 5.97 Å². The number of carbonyl (C=O) groups excluding carboxylic acids is 2. The molecule has 2 aliphatic heterocycles. The standard InChI is InChI=1S/C23H19Cl3N6O7S/c1-11-23(22(35)36,39-18-8-14(25)4-6-17(18)38-16-5-3-13(24)7-15(16)26)9-30-20(34)19(21(30)40(11)37)32(12(2)33)31-10-27-28-29-31/h3-8,10-11,19,21H,9H2,1-2H3,(H,35,36)/t11?,19?,21-,23?,40?/m1/s1. The van der Waals surface area contributed by atoms with Gasteiger partial charge in [0.25, 0.3) is 5.91 Å². The van der Waals surface area contributed by atoms with Crippen LogP contribution in [0.1, 0.15) is 13.8 Å². The highest BCUT2D eigenvalue weighted by Crippen LogP contribution is 2.44. The molecule has 0 radical (unpaired) electrons. The zero-order chi connectivity index (χ0) is 28.9. The predicted octanol–water partition coefficient (Wildman–Crippen LogP) is 2.50. The van der Waals surface area contributed by atoms with Gasteiger partial charge in [0.15, 0.2) is 23.9 Å². The summed E-state index contributed by atoms with van der Waals surface area (Å²) in [7, 11) is -2.03. The van der Waals surface area contributed by atoms with Crippen LogP contribution in [-0.4, -0.2) is 81.1 Å². The lowest BCUT2D eigenvalue weighted by Crippen LogP contribution is -2.82. The van der Waals surface area contributed by atoms with Crippen molar-refractivity contribution in [2.24, 2.45) is 0 Å². The molecule has 3 heterocycles. The van der Waals surface area contributed by atoms with Crippen molar-refractivity contribution >= 4 is 63.4 Å². The molecule has 2 saturated heterocycles. The highest BCUT2D eigenvalue weighted by Gasteiger charge is 2.67. The molecule has 0 spiro atoms. The summed E-state index contributed by atoms with van der Waals surface area (Å²) in [4.78, 5) is 40.5. The molecule has 5 atom stereocenters. The van der Waals surface area contributed by atoms with Gasteiger partial charge < -0.3 is 19.5 Å². The lowest BCUT2D eigenvalue weighted by Gasteiger charge is -2.56. The van der Waals surface area contributed by atoms with Crippen LogP contribution in [0.4, 0.5) is 0 Å². The molecule has 4 unspecified atom stereocenters.